The number of hydrogen-bond acceptors (Lipinski definition) is 2. The molecular formula is C16H12Cl2N2OS. The Hall–Kier alpha value is -1.88. The van der Waals surface area contributed by atoms with E-state index in [4.69, 9.17) is 35.4 Å². The van der Waals surface area contributed by atoms with Crippen LogP contribution in [0.2, 0.25) is 10.0 Å². The van der Waals surface area contributed by atoms with Gasteiger partial charge in [0.15, 0.2) is 5.11 Å². The normalized spacial score (nSPS) is 10.5. The van der Waals surface area contributed by atoms with E-state index in [0.29, 0.717) is 15.7 Å². The van der Waals surface area contributed by atoms with E-state index in [-0.39, 0.29) is 11.0 Å². The summed E-state index contributed by atoms with van der Waals surface area (Å²) in [6.45, 7) is 0. The fraction of sp³-hybridized carbons (Fsp3) is 0. The third-order valence-corrected chi connectivity index (χ3v) is 3.39. The molecule has 112 valence electrons. The highest BCUT2D eigenvalue weighted by Crippen LogP contribution is 2.25. The molecule has 0 fully saturated rings. The second-order valence-electron chi connectivity index (χ2n) is 4.31. The van der Waals surface area contributed by atoms with Gasteiger partial charge in [0.1, 0.15) is 0 Å². The Morgan fingerprint density at radius 2 is 1.82 bits per heavy atom. The minimum atomic E-state index is -0.327. The summed E-state index contributed by atoms with van der Waals surface area (Å²) in [6, 6.07) is 14.4. The van der Waals surface area contributed by atoms with Gasteiger partial charge in [0, 0.05) is 11.1 Å². The number of carbonyl (C=O) groups is 1. The largest absolute Gasteiger partial charge is 0.331 e. The predicted molar refractivity (Wildman–Crippen MR) is 96.3 cm³/mol. The maximum Gasteiger partial charge on any atom is 0.250 e. The Labute approximate surface area is 143 Å². The van der Waals surface area contributed by atoms with Crippen molar-refractivity contribution in [1.29, 1.82) is 0 Å². The van der Waals surface area contributed by atoms with E-state index >= 15 is 0 Å². The fourth-order valence-corrected chi connectivity index (χ4v) is 2.30. The highest BCUT2D eigenvalue weighted by atomic mass is 35.5. The van der Waals surface area contributed by atoms with E-state index in [1.807, 2.05) is 30.3 Å². The molecule has 0 aromatic heterocycles. The first kappa shape index (κ1) is 16.5. The molecule has 0 spiro atoms. The molecule has 0 atom stereocenters. The monoisotopic (exact) mass is 350 g/mol. The highest BCUT2D eigenvalue weighted by molar-refractivity contribution is 7.80. The number of halogens is 2. The van der Waals surface area contributed by atoms with Crippen molar-refractivity contribution in [3.8, 4) is 0 Å². The molecule has 0 radical (unpaired) electrons. The number of carbonyl (C=O) groups excluding carboxylic acids is 1. The average molecular weight is 351 g/mol. The van der Waals surface area contributed by atoms with Crippen LogP contribution in [0.3, 0.4) is 0 Å². The van der Waals surface area contributed by atoms with Gasteiger partial charge in [-0.3, -0.25) is 10.1 Å². The van der Waals surface area contributed by atoms with Gasteiger partial charge in [-0.25, -0.2) is 0 Å². The van der Waals surface area contributed by atoms with Crippen LogP contribution in [-0.4, -0.2) is 11.0 Å². The SMILES string of the molecule is O=C(C=Cc1ccccc1)NC(=S)Nc1ccc(Cl)cc1Cl. The van der Waals surface area contributed by atoms with Crippen molar-refractivity contribution in [2.45, 2.75) is 0 Å². The average Bonchev–Trinajstić information content (AvgIpc) is 2.49. The van der Waals surface area contributed by atoms with E-state index in [2.05, 4.69) is 10.6 Å². The molecule has 0 heterocycles. The molecule has 0 bridgehead atoms. The van der Waals surface area contributed by atoms with Crippen molar-refractivity contribution in [2.75, 3.05) is 5.32 Å². The van der Waals surface area contributed by atoms with Gasteiger partial charge in [-0.05, 0) is 42.1 Å². The van der Waals surface area contributed by atoms with Crippen LogP contribution in [-0.2, 0) is 4.79 Å². The lowest BCUT2D eigenvalue weighted by atomic mass is 10.2. The van der Waals surface area contributed by atoms with E-state index in [1.54, 1.807) is 24.3 Å². The number of benzene rings is 2. The first-order valence-electron chi connectivity index (χ1n) is 6.35. The number of nitrogens with one attached hydrogen (secondary N) is 2. The minimum Gasteiger partial charge on any atom is -0.331 e. The minimum absolute atomic E-state index is 0.159. The molecular weight excluding hydrogens is 339 g/mol. The van der Waals surface area contributed by atoms with Gasteiger partial charge in [0.25, 0.3) is 0 Å². The summed E-state index contributed by atoms with van der Waals surface area (Å²) in [5.41, 5.74) is 1.50. The Morgan fingerprint density at radius 3 is 2.50 bits per heavy atom. The van der Waals surface area contributed by atoms with Crippen LogP contribution in [0.1, 0.15) is 5.56 Å². The van der Waals surface area contributed by atoms with Crippen LogP contribution in [0.4, 0.5) is 5.69 Å². The Kier molecular flexibility index (Phi) is 5.95. The molecule has 6 heteroatoms. The summed E-state index contributed by atoms with van der Waals surface area (Å²) in [7, 11) is 0. The van der Waals surface area contributed by atoms with Gasteiger partial charge in [0.05, 0.1) is 10.7 Å². The maximum atomic E-state index is 11.8. The fourth-order valence-electron chi connectivity index (χ4n) is 1.63. The summed E-state index contributed by atoms with van der Waals surface area (Å²) in [4.78, 5) is 11.8. The molecule has 2 N–H and O–H groups in total. The zero-order valence-electron chi connectivity index (χ0n) is 11.3. The molecule has 0 unspecified atom stereocenters. The van der Waals surface area contributed by atoms with Gasteiger partial charge in [-0.15, -0.1) is 0 Å². The summed E-state index contributed by atoms with van der Waals surface area (Å²) in [6.07, 6.45) is 3.11. The summed E-state index contributed by atoms with van der Waals surface area (Å²) in [5, 5.41) is 6.49. The second kappa shape index (κ2) is 7.94. The third kappa shape index (κ3) is 5.15. The molecule has 2 aromatic rings. The van der Waals surface area contributed by atoms with Gasteiger partial charge in [-0.2, -0.15) is 0 Å². The van der Waals surface area contributed by atoms with Crippen molar-refractivity contribution in [2.24, 2.45) is 0 Å². The first-order chi connectivity index (χ1) is 10.5. The standard InChI is InChI=1S/C16H12Cl2N2OS/c17-12-7-8-14(13(18)10-12)19-16(22)20-15(21)9-6-11-4-2-1-3-5-11/h1-10H,(H2,19,20,21,22). The molecule has 22 heavy (non-hydrogen) atoms. The summed E-state index contributed by atoms with van der Waals surface area (Å²) < 4.78 is 0. The van der Waals surface area contributed by atoms with Crippen LogP contribution < -0.4 is 10.6 Å². The lowest BCUT2D eigenvalue weighted by molar-refractivity contribution is -0.115. The van der Waals surface area contributed by atoms with Gasteiger partial charge in [-0.1, -0.05) is 53.5 Å². The van der Waals surface area contributed by atoms with E-state index in [9.17, 15) is 4.79 Å². The molecule has 0 aliphatic carbocycles. The van der Waals surface area contributed by atoms with E-state index in [1.165, 1.54) is 6.08 Å². The zero-order chi connectivity index (χ0) is 15.9. The molecule has 0 aliphatic rings. The highest BCUT2D eigenvalue weighted by Gasteiger charge is 2.05. The molecule has 2 rings (SSSR count). The van der Waals surface area contributed by atoms with Crippen molar-refractivity contribution in [3.63, 3.8) is 0 Å². The smallest absolute Gasteiger partial charge is 0.250 e. The van der Waals surface area contributed by atoms with Crippen molar-refractivity contribution in [3.05, 3.63) is 70.2 Å². The van der Waals surface area contributed by atoms with Crippen molar-refractivity contribution in [1.82, 2.24) is 5.32 Å². The predicted octanol–water partition coefficient (Wildman–Crippen LogP) is 4.52. The van der Waals surface area contributed by atoms with Crippen molar-refractivity contribution < 1.29 is 4.79 Å². The van der Waals surface area contributed by atoms with Crippen LogP contribution >= 0.6 is 35.4 Å². The van der Waals surface area contributed by atoms with Crippen LogP contribution in [0.25, 0.3) is 6.08 Å². The van der Waals surface area contributed by atoms with E-state index < -0.39 is 0 Å². The van der Waals surface area contributed by atoms with Crippen molar-refractivity contribution >= 4 is 58.2 Å². The number of anilines is 1. The maximum absolute atomic E-state index is 11.8. The number of hydrogen-bond donors (Lipinski definition) is 2. The topological polar surface area (TPSA) is 41.1 Å². The summed E-state index contributed by atoms with van der Waals surface area (Å²) in [5.74, 6) is -0.327. The van der Waals surface area contributed by atoms with Crippen LogP contribution in [0, 0.1) is 0 Å². The van der Waals surface area contributed by atoms with Crippen LogP contribution in [0.15, 0.2) is 54.6 Å². The lowest BCUT2D eigenvalue weighted by Crippen LogP contribution is -2.32. The first-order valence-corrected chi connectivity index (χ1v) is 7.51. The Morgan fingerprint density at radius 1 is 1.09 bits per heavy atom. The quantitative estimate of drug-likeness (QED) is 0.631. The number of rotatable bonds is 3. The lowest BCUT2D eigenvalue weighted by Gasteiger charge is -2.09. The van der Waals surface area contributed by atoms with Gasteiger partial charge in [0.2, 0.25) is 5.91 Å². The van der Waals surface area contributed by atoms with E-state index in [0.717, 1.165) is 5.56 Å². The van der Waals surface area contributed by atoms with Gasteiger partial charge >= 0.3 is 0 Å². The summed E-state index contributed by atoms with van der Waals surface area (Å²) >= 11 is 16.9. The second-order valence-corrected chi connectivity index (χ2v) is 5.56. The Balaban J connectivity index is 1.91. The molecule has 1 amide bonds. The molecule has 0 saturated carbocycles. The van der Waals surface area contributed by atoms with Gasteiger partial charge < -0.3 is 5.32 Å². The molecule has 2 aromatic carbocycles. The zero-order valence-corrected chi connectivity index (χ0v) is 13.7. The number of amides is 1. The molecule has 0 aliphatic heterocycles. The Bertz CT molecular complexity index is 717. The third-order valence-electron chi connectivity index (χ3n) is 2.64. The van der Waals surface area contributed by atoms with Crippen LogP contribution in [0.5, 0.6) is 0 Å². The molecule has 3 nitrogen and oxygen atoms in total. The molecule has 0 saturated heterocycles. The number of thiocarbonyl (C=S) groups is 1.